The number of carbonyl (C=O) groups is 1. The number of benzene rings is 1. The van der Waals surface area contributed by atoms with Crippen molar-refractivity contribution in [2.24, 2.45) is 27.1 Å². The van der Waals surface area contributed by atoms with Gasteiger partial charge in [0.05, 0.1) is 16.4 Å². The van der Waals surface area contributed by atoms with E-state index in [2.05, 4.69) is 24.1 Å². The number of hydrogen-bond donors (Lipinski definition) is 2. The second-order valence-electron chi connectivity index (χ2n) is 7.76. The zero-order valence-corrected chi connectivity index (χ0v) is 17.2. The van der Waals surface area contributed by atoms with Crippen molar-refractivity contribution in [2.75, 3.05) is 11.9 Å². The summed E-state index contributed by atoms with van der Waals surface area (Å²) in [4.78, 5) is 14.6. The van der Waals surface area contributed by atoms with Crippen molar-refractivity contribution in [1.82, 2.24) is 0 Å². The van der Waals surface area contributed by atoms with Crippen molar-refractivity contribution in [1.29, 1.82) is 0 Å². The molecule has 0 radical (unpaired) electrons. The highest BCUT2D eigenvalue weighted by Gasteiger charge is 2.36. The van der Waals surface area contributed by atoms with Crippen molar-refractivity contribution in [3.05, 3.63) is 51.9 Å². The van der Waals surface area contributed by atoms with Crippen LogP contribution in [-0.2, 0) is 6.42 Å². The van der Waals surface area contributed by atoms with Gasteiger partial charge in [0.25, 0.3) is 5.91 Å². The minimum Gasteiger partial charge on any atom is -0.455 e. The molecule has 0 saturated carbocycles. The van der Waals surface area contributed by atoms with Gasteiger partial charge in [0.2, 0.25) is 5.96 Å². The van der Waals surface area contributed by atoms with Gasteiger partial charge in [-0.15, -0.1) is 5.10 Å². The maximum atomic E-state index is 13.1. The van der Waals surface area contributed by atoms with E-state index in [1.165, 1.54) is 4.90 Å². The lowest BCUT2D eigenvalue weighted by atomic mass is 9.75. The Morgan fingerprint density at radius 1 is 1.25 bits per heavy atom. The van der Waals surface area contributed by atoms with Gasteiger partial charge < -0.3 is 20.8 Å². The summed E-state index contributed by atoms with van der Waals surface area (Å²) >= 11 is 6.24. The fourth-order valence-electron chi connectivity index (χ4n) is 3.51. The molecule has 0 saturated heterocycles. The highest BCUT2D eigenvalue weighted by Crippen LogP contribution is 2.39. The maximum Gasteiger partial charge on any atom is 0.294 e. The number of fused-ring (bicyclic) bond motifs is 1. The van der Waals surface area contributed by atoms with E-state index in [4.69, 9.17) is 27.5 Å². The van der Waals surface area contributed by atoms with Crippen LogP contribution in [0.5, 0.6) is 0 Å². The molecule has 0 bridgehead atoms. The van der Waals surface area contributed by atoms with Gasteiger partial charge in [-0.2, -0.15) is 5.10 Å². The number of hydrogen-bond acceptors (Lipinski definition) is 4. The molecule has 7 nitrogen and oxygen atoms in total. The molecule has 1 amide bonds. The van der Waals surface area contributed by atoms with Crippen molar-refractivity contribution in [3.63, 3.8) is 0 Å². The highest BCUT2D eigenvalue weighted by atomic mass is 35.5. The molecule has 28 heavy (non-hydrogen) atoms. The van der Waals surface area contributed by atoms with Crippen LogP contribution in [0.3, 0.4) is 0 Å². The molecule has 1 heterocycles. The van der Waals surface area contributed by atoms with Crippen LogP contribution < -0.4 is 16.4 Å². The van der Waals surface area contributed by atoms with Crippen LogP contribution in [-0.4, -0.2) is 24.6 Å². The third kappa shape index (κ3) is 3.75. The van der Waals surface area contributed by atoms with Crippen LogP contribution in [0.25, 0.3) is 0 Å². The summed E-state index contributed by atoms with van der Waals surface area (Å²) in [5, 5.41) is 8.52. The topological polar surface area (TPSA) is 110 Å². The molecule has 4 N–H and O–H groups in total. The predicted octanol–water partition coefficient (Wildman–Crippen LogP) is 3.47. The number of nitrogens with two attached hydrogens (primary N) is 2. The summed E-state index contributed by atoms with van der Waals surface area (Å²) < 4.78 is 6.03. The highest BCUT2D eigenvalue weighted by molar-refractivity contribution is 6.34. The fraction of sp³-hybridized carbons (Fsp3) is 0.350. The number of carbonyl (C=O) groups excluding carboxylic acids is 1. The van der Waals surface area contributed by atoms with E-state index < -0.39 is 0 Å². The molecule has 1 aliphatic rings. The van der Waals surface area contributed by atoms with Gasteiger partial charge >= 0.3 is 0 Å². The monoisotopic (exact) mass is 401 g/mol. The van der Waals surface area contributed by atoms with Crippen LogP contribution in [0, 0.1) is 12.3 Å². The van der Waals surface area contributed by atoms with E-state index in [1.54, 1.807) is 19.2 Å². The standard InChI is InChI=1S/C20H24ClN5O2/c1-11-16-13(24-25-19(22)23)9-20(2,3)10-15(16)28-17(11)18(27)26(4)14-8-6-5-7-12(14)21/h5-8H,9-10H2,1-4H3,(H4,22,23,25)/b24-13-. The van der Waals surface area contributed by atoms with Gasteiger partial charge in [-0.3, -0.25) is 4.79 Å². The molecule has 1 aromatic carbocycles. The third-order valence-corrected chi connectivity index (χ3v) is 5.11. The zero-order chi connectivity index (χ0) is 20.6. The second-order valence-corrected chi connectivity index (χ2v) is 8.17. The quantitative estimate of drug-likeness (QED) is 0.466. The van der Waals surface area contributed by atoms with E-state index in [0.29, 0.717) is 35.0 Å². The first-order chi connectivity index (χ1) is 13.1. The van der Waals surface area contributed by atoms with Gasteiger partial charge in [-0.05, 0) is 30.9 Å². The molecule has 1 aliphatic carbocycles. The van der Waals surface area contributed by atoms with Gasteiger partial charge in [0, 0.05) is 24.6 Å². The number of guanidine groups is 1. The number of furan rings is 1. The average molecular weight is 402 g/mol. The van der Waals surface area contributed by atoms with Gasteiger partial charge in [-0.25, -0.2) is 0 Å². The second kappa shape index (κ2) is 7.31. The van der Waals surface area contributed by atoms with Crippen LogP contribution in [0.4, 0.5) is 5.69 Å². The Bertz CT molecular complexity index is 986. The molecule has 0 fully saturated rings. The Balaban J connectivity index is 2.06. The van der Waals surface area contributed by atoms with Gasteiger partial charge in [0.1, 0.15) is 5.76 Å². The van der Waals surface area contributed by atoms with Crippen LogP contribution in [0.1, 0.15) is 47.7 Å². The molecule has 2 aromatic rings. The van der Waals surface area contributed by atoms with Gasteiger partial charge in [-0.1, -0.05) is 37.6 Å². The van der Waals surface area contributed by atoms with Crippen LogP contribution in [0.15, 0.2) is 38.9 Å². The smallest absolute Gasteiger partial charge is 0.294 e. The lowest BCUT2D eigenvalue weighted by Crippen LogP contribution is -2.28. The molecule has 8 heteroatoms. The van der Waals surface area contributed by atoms with Crippen molar-refractivity contribution < 1.29 is 9.21 Å². The minimum absolute atomic E-state index is 0.0933. The zero-order valence-electron chi connectivity index (χ0n) is 16.4. The third-order valence-electron chi connectivity index (χ3n) is 4.79. The Labute approximate surface area is 169 Å². The van der Waals surface area contributed by atoms with Crippen LogP contribution in [0.2, 0.25) is 5.02 Å². The first-order valence-corrected chi connectivity index (χ1v) is 9.29. The fourth-order valence-corrected chi connectivity index (χ4v) is 3.77. The van der Waals surface area contributed by atoms with Crippen molar-refractivity contribution in [2.45, 2.75) is 33.6 Å². The minimum atomic E-state index is -0.279. The number of rotatable bonds is 3. The number of halogens is 1. The summed E-state index contributed by atoms with van der Waals surface area (Å²) in [6.45, 7) is 6.06. The first kappa shape index (κ1) is 19.9. The van der Waals surface area contributed by atoms with E-state index in [1.807, 2.05) is 19.1 Å². The Morgan fingerprint density at radius 2 is 1.93 bits per heavy atom. The molecule has 148 valence electrons. The molecule has 0 aliphatic heterocycles. The summed E-state index contributed by atoms with van der Waals surface area (Å²) in [6.07, 6.45) is 1.36. The van der Waals surface area contributed by atoms with E-state index in [9.17, 15) is 4.79 Å². The molecular formula is C20H24ClN5O2. The van der Waals surface area contributed by atoms with Crippen molar-refractivity contribution >= 4 is 34.9 Å². The van der Waals surface area contributed by atoms with E-state index in [0.717, 1.165) is 11.1 Å². The summed E-state index contributed by atoms with van der Waals surface area (Å²) in [6, 6.07) is 7.17. The predicted molar refractivity (Wildman–Crippen MR) is 112 cm³/mol. The molecule has 0 unspecified atom stereocenters. The van der Waals surface area contributed by atoms with Gasteiger partial charge in [0.15, 0.2) is 5.76 Å². The molecular weight excluding hydrogens is 378 g/mol. The molecule has 0 atom stereocenters. The maximum absolute atomic E-state index is 13.1. The normalized spacial score (nSPS) is 16.5. The number of anilines is 1. The summed E-state index contributed by atoms with van der Waals surface area (Å²) in [5.41, 5.74) is 13.6. The van der Waals surface area contributed by atoms with Crippen molar-refractivity contribution in [3.8, 4) is 0 Å². The molecule has 1 aromatic heterocycles. The summed E-state index contributed by atoms with van der Waals surface area (Å²) in [5.74, 6) is 0.587. The average Bonchev–Trinajstić information content (AvgIpc) is 2.94. The Hall–Kier alpha value is -2.80. The summed E-state index contributed by atoms with van der Waals surface area (Å²) in [7, 11) is 1.67. The Kier molecular flexibility index (Phi) is 5.21. The molecule has 0 spiro atoms. The number of amides is 1. The van der Waals surface area contributed by atoms with E-state index in [-0.39, 0.29) is 23.0 Å². The number of para-hydroxylation sites is 1. The first-order valence-electron chi connectivity index (χ1n) is 8.91. The van der Waals surface area contributed by atoms with Crippen LogP contribution >= 0.6 is 11.6 Å². The largest absolute Gasteiger partial charge is 0.455 e. The lowest BCUT2D eigenvalue weighted by Gasteiger charge is -2.29. The number of nitrogens with zero attached hydrogens (tertiary/aromatic N) is 3. The lowest BCUT2D eigenvalue weighted by molar-refractivity contribution is 0.0962. The van der Waals surface area contributed by atoms with E-state index >= 15 is 0 Å². The Morgan fingerprint density at radius 3 is 2.57 bits per heavy atom. The SMILES string of the molecule is Cc1c(C(=O)N(C)c2ccccc2Cl)oc2c1/C(=N\N=C(N)N)CC(C)(C)C2. The molecule has 3 rings (SSSR count).